The summed E-state index contributed by atoms with van der Waals surface area (Å²) in [5, 5.41) is 6.87. The smallest absolute Gasteiger partial charge is 0.275 e. The second-order valence-corrected chi connectivity index (χ2v) is 14.7. The molecule has 2 aliphatic rings. The molecule has 1 aliphatic heterocycles. The number of aliphatic imine (C=N–C) groups is 1. The molecule has 2 amide bonds. The van der Waals surface area contributed by atoms with E-state index in [1.54, 1.807) is 30.3 Å². The molecule has 2 aromatic rings. The fourth-order valence-electron chi connectivity index (χ4n) is 6.27. The number of carbonyl (C=O) groups is 2. The molecular formula is C34H46Cl2N6O2. The van der Waals surface area contributed by atoms with Gasteiger partial charge >= 0.3 is 0 Å². The van der Waals surface area contributed by atoms with E-state index in [0.717, 1.165) is 12.0 Å². The molecule has 5 N–H and O–H groups in total. The zero-order chi connectivity index (χ0) is 34.9. The molecule has 0 bridgehead atoms. The fourth-order valence-corrected chi connectivity index (χ4v) is 6.79. The van der Waals surface area contributed by atoms with E-state index in [4.69, 9.17) is 43.9 Å². The van der Waals surface area contributed by atoms with Crippen LogP contribution in [0.3, 0.4) is 0 Å². The highest BCUT2D eigenvalue weighted by Crippen LogP contribution is 2.50. The number of rotatable bonds is 8. The fraction of sp³-hybridized carbons (Fsp3) is 0.529. The van der Waals surface area contributed by atoms with Gasteiger partial charge in [0, 0.05) is 25.3 Å². The van der Waals surface area contributed by atoms with Gasteiger partial charge in [-0.3, -0.25) is 14.6 Å². The van der Waals surface area contributed by atoms with Gasteiger partial charge in [-0.15, -0.1) is 0 Å². The maximum absolute atomic E-state index is 14.7. The van der Waals surface area contributed by atoms with Crippen LogP contribution in [0.15, 0.2) is 52.6 Å². The van der Waals surface area contributed by atoms with E-state index in [0.29, 0.717) is 59.0 Å². The minimum atomic E-state index is -2.12. The maximum atomic E-state index is 14.7. The molecule has 1 atom stereocenters. The van der Waals surface area contributed by atoms with Gasteiger partial charge in [0.2, 0.25) is 0 Å². The number of nitrogens with two attached hydrogens (primary N) is 2. The molecule has 2 aromatic carbocycles. The van der Waals surface area contributed by atoms with E-state index in [1.165, 1.54) is 0 Å². The predicted molar refractivity (Wildman–Crippen MR) is 180 cm³/mol. The Hall–Kier alpha value is -3.10. The maximum Gasteiger partial charge on any atom is 0.275 e. The summed E-state index contributed by atoms with van der Waals surface area (Å²) in [5.74, 6) is 4.65. The van der Waals surface area contributed by atoms with Crippen LogP contribution in [0.1, 0.15) is 112 Å². The molecule has 1 fully saturated rings. The third-order valence-corrected chi connectivity index (χ3v) is 9.20. The summed E-state index contributed by atoms with van der Waals surface area (Å²) in [5.41, 5.74) is 5.95. The molecule has 44 heavy (non-hydrogen) atoms. The molecule has 1 saturated carbocycles. The number of hydrogen-bond acceptors (Lipinski definition) is 5. The van der Waals surface area contributed by atoms with E-state index in [-0.39, 0.29) is 41.6 Å². The zero-order valence-corrected chi connectivity index (χ0v) is 27.7. The van der Waals surface area contributed by atoms with E-state index < -0.39 is 17.9 Å². The molecule has 1 heterocycles. The minimum absolute atomic E-state index is 0.0172. The van der Waals surface area contributed by atoms with Crippen LogP contribution in [0.2, 0.25) is 10.0 Å². The first kappa shape index (κ1) is 29.6. The lowest BCUT2D eigenvalue weighted by atomic mass is 9.69. The average molecular weight is 645 g/mol. The van der Waals surface area contributed by atoms with E-state index >= 15 is 0 Å². The van der Waals surface area contributed by atoms with Gasteiger partial charge in [0.25, 0.3) is 11.8 Å². The van der Waals surface area contributed by atoms with Crippen molar-refractivity contribution in [1.82, 2.24) is 10.2 Å². The van der Waals surface area contributed by atoms with Gasteiger partial charge in [-0.2, -0.15) is 5.10 Å². The van der Waals surface area contributed by atoms with Crippen LogP contribution in [0, 0.1) is 16.7 Å². The van der Waals surface area contributed by atoms with Crippen LogP contribution < -0.4 is 16.9 Å². The monoisotopic (exact) mass is 643 g/mol. The van der Waals surface area contributed by atoms with Crippen molar-refractivity contribution in [2.45, 2.75) is 91.7 Å². The summed E-state index contributed by atoms with van der Waals surface area (Å²) >= 11 is 12.8. The van der Waals surface area contributed by atoms with Crippen molar-refractivity contribution in [3.8, 4) is 0 Å². The Morgan fingerprint density at radius 3 is 2.30 bits per heavy atom. The van der Waals surface area contributed by atoms with Gasteiger partial charge < -0.3 is 21.8 Å². The third-order valence-electron chi connectivity index (χ3n) is 8.77. The van der Waals surface area contributed by atoms with Crippen molar-refractivity contribution >= 4 is 46.6 Å². The molecule has 0 aromatic heterocycles. The number of hydrazone groups is 1. The molecule has 0 unspecified atom stereocenters. The Kier molecular flexibility index (Phi) is 8.81. The number of hydrogen-bond donors (Lipinski definition) is 3. The number of benzene rings is 2. The molecule has 4 rings (SSSR count). The van der Waals surface area contributed by atoms with Crippen molar-refractivity contribution < 1.29 is 13.7 Å². The molecule has 238 valence electrons. The number of carbonyl (C=O) groups excluding carboxylic acids is 2. The second-order valence-electron chi connectivity index (χ2n) is 13.8. The van der Waals surface area contributed by atoms with Crippen molar-refractivity contribution in [1.29, 1.82) is 0 Å². The first-order valence-electron chi connectivity index (χ1n) is 16.6. The van der Waals surface area contributed by atoms with Gasteiger partial charge in [0.15, 0.2) is 0 Å². The Balaban J connectivity index is 1.77. The van der Waals surface area contributed by atoms with Crippen LogP contribution in [0.25, 0.3) is 0 Å². The summed E-state index contributed by atoms with van der Waals surface area (Å²) in [4.78, 5) is 34.5. The average Bonchev–Trinajstić information content (AvgIpc) is 3.25. The van der Waals surface area contributed by atoms with Gasteiger partial charge in [-0.05, 0) is 91.2 Å². The van der Waals surface area contributed by atoms with Crippen molar-refractivity contribution in [3.05, 3.63) is 69.2 Å². The minimum Gasteiger partial charge on any atom is -0.384 e. The van der Waals surface area contributed by atoms with Gasteiger partial charge in [-0.1, -0.05) is 76.8 Å². The Labute approximate surface area is 275 Å². The Bertz CT molecular complexity index is 1520. The SMILES string of the molecule is [2H]C([2H])([2H])C(C)(C)C1CCC2(CC1)N=C(c1cc(Cl)cc(Cl)c1)C(=O)N2[C@H](CCC(C)(C)C)c1ccc(C(=O)NC/C(N)=N/N)cc1. The lowest BCUT2D eigenvalue weighted by Crippen LogP contribution is -2.51. The van der Waals surface area contributed by atoms with E-state index in [2.05, 4.69) is 31.2 Å². The van der Waals surface area contributed by atoms with Gasteiger partial charge in [-0.25, -0.2) is 0 Å². The summed E-state index contributed by atoms with van der Waals surface area (Å²) < 4.78 is 24.6. The summed E-state index contributed by atoms with van der Waals surface area (Å²) in [6.07, 6.45) is 3.68. The first-order valence-corrected chi connectivity index (χ1v) is 15.8. The number of amides is 2. The molecule has 0 radical (unpaired) electrons. The second kappa shape index (κ2) is 13.1. The molecule has 8 nitrogen and oxygen atoms in total. The first-order chi connectivity index (χ1) is 21.8. The summed E-state index contributed by atoms with van der Waals surface area (Å²) in [6.45, 7) is 8.00. The Morgan fingerprint density at radius 2 is 1.75 bits per heavy atom. The highest BCUT2D eigenvalue weighted by molar-refractivity contribution is 6.47. The van der Waals surface area contributed by atoms with Crippen molar-refractivity contribution in [2.75, 3.05) is 6.54 Å². The standard InChI is InChI=1S/C34H46Cl2N6O2/c1-32(2,3)14-13-27(21-7-9-22(10-8-21)30(43)39-20-28(37)41-38)42-31(44)29(23-17-25(35)19-26(36)18-23)40-34(42)15-11-24(12-16-34)33(4,5)6/h7-10,17-19,24,27H,11-16,20,38H2,1-6H3,(H2,37,41)(H,39,43)/t24?,27-,34?/m1/s1/i4D3. The summed E-state index contributed by atoms with van der Waals surface area (Å²) in [6, 6.07) is 11.8. The quantitative estimate of drug-likeness (QED) is 0.123. The lowest BCUT2D eigenvalue weighted by Gasteiger charge is -2.47. The van der Waals surface area contributed by atoms with Crippen LogP contribution in [0.5, 0.6) is 0 Å². The lowest BCUT2D eigenvalue weighted by molar-refractivity contribution is -0.134. The predicted octanol–water partition coefficient (Wildman–Crippen LogP) is 7.09. The Morgan fingerprint density at radius 1 is 1.14 bits per heavy atom. The van der Waals surface area contributed by atoms with Gasteiger partial charge in [0.1, 0.15) is 17.2 Å². The van der Waals surface area contributed by atoms with Crippen LogP contribution >= 0.6 is 23.2 Å². The van der Waals surface area contributed by atoms with Crippen molar-refractivity contribution in [3.63, 3.8) is 0 Å². The van der Waals surface area contributed by atoms with Crippen LogP contribution in [-0.4, -0.2) is 40.5 Å². The number of amidine groups is 1. The highest BCUT2D eigenvalue weighted by atomic mass is 35.5. The van der Waals surface area contributed by atoms with Crippen LogP contribution in [0.4, 0.5) is 0 Å². The zero-order valence-electron chi connectivity index (χ0n) is 29.2. The number of halogens is 2. The molecule has 1 spiro atoms. The molecule has 0 saturated heterocycles. The third kappa shape index (κ3) is 7.75. The topological polar surface area (TPSA) is 126 Å². The molecule has 10 heteroatoms. The number of nitrogens with zero attached hydrogens (tertiary/aromatic N) is 3. The normalized spacial score (nSPS) is 23.2. The highest BCUT2D eigenvalue weighted by Gasteiger charge is 2.52. The van der Waals surface area contributed by atoms with Crippen molar-refractivity contribution in [2.24, 2.45) is 38.4 Å². The molecule has 1 aliphatic carbocycles. The largest absolute Gasteiger partial charge is 0.384 e. The summed E-state index contributed by atoms with van der Waals surface area (Å²) in [7, 11) is 0. The number of nitrogens with one attached hydrogen (secondary N) is 1. The molecular weight excluding hydrogens is 595 g/mol. The van der Waals surface area contributed by atoms with Crippen LogP contribution in [-0.2, 0) is 4.79 Å². The van der Waals surface area contributed by atoms with E-state index in [1.807, 2.05) is 30.9 Å². The van der Waals surface area contributed by atoms with Gasteiger partial charge in [0.05, 0.1) is 12.6 Å². The van der Waals surface area contributed by atoms with E-state index in [9.17, 15) is 9.59 Å².